The van der Waals surface area contributed by atoms with Crippen LogP contribution in [-0.2, 0) is 19.6 Å². The molecule has 2 aliphatic carbocycles. The zero-order valence-corrected chi connectivity index (χ0v) is 15.7. The van der Waals surface area contributed by atoms with Gasteiger partial charge in [0.05, 0.1) is 11.8 Å². The van der Waals surface area contributed by atoms with Crippen LogP contribution >= 0.6 is 11.3 Å². The maximum atomic E-state index is 13.0. The molecule has 0 spiro atoms. The molecule has 26 heavy (non-hydrogen) atoms. The summed E-state index contributed by atoms with van der Waals surface area (Å²) in [7, 11) is -3.51. The van der Waals surface area contributed by atoms with Crippen molar-refractivity contribution >= 4 is 33.2 Å². The Morgan fingerprint density at radius 1 is 1.08 bits per heavy atom. The molecule has 7 nitrogen and oxygen atoms in total. The Balaban J connectivity index is 1.44. The van der Waals surface area contributed by atoms with E-state index >= 15 is 0 Å². The summed E-state index contributed by atoms with van der Waals surface area (Å²) in [6.45, 7) is 1.07. The van der Waals surface area contributed by atoms with Crippen LogP contribution in [0.15, 0.2) is 33.9 Å². The number of allylic oxidation sites excluding steroid dienone is 2. The van der Waals surface area contributed by atoms with Crippen molar-refractivity contribution in [2.24, 2.45) is 23.7 Å². The number of sulfonamides is 1. The van der Waals surface area contributed by atoms with Crippen LogP contribution in [0.2, 0.25) is 0 Å². The first-order valence-corrected chi connectivity index (χ1v) is 10.9. The van der Waals surface area contributed by atoms with Gasteiger partial charge in [-0.2, -0.15) is 4.31 Å². The molecule has 1 amide bonds. The van der Waals surface area contributed by atoms with Crippen molar-refractivity contribution < 1.29 is 23.1 Å². The summed E-state index contributed by atoms with van der Waals surface area (Å²) in [5.74, 6) is -2.33. The third kappa shape index (κ3) is 2.78. The lowest BCUT2D eigenvalue weighted by Gasteiger charge is -2.37. The smallest absolute Gasteiger partial charge is 0.307 e. The first-order chi connectivity index (χ1) is 12.4. The summed E-state index contributed by atoms with van der Waals surface area (Å²) in [6, 6.07) is 3.28. The number of carboxylic acid groups (broad SMARTS) is 1. The third-order valence-corrected chi connectivity index (χ3v) is 8.94. The van der Waals surface area contributed by atoms with Gasteiger partial charge < -0.3 is 10.0 Å². The van der Waals surface area contributed by atoms with Crippen molar-refractivity contribution in [3.05, 3.63) is 29.7 Å². The predicted molar refractivity (Wildman–Crippen MR) is 95.0 cm³/mol. The molecule has 4 unspecified atom stereocenters. The Morgan fingerprint density at radius 3 is 2.31 bits per heavy atom. The van der Waals surface area contributed by atoms with Crippen LogP contribution in [0.4, 0.5) is 0 Å². The maximum Gasteiger partial charge on any atom is 0.307 e. The molecule has 2 fully saturated rings. The van der Waals surface area contributed by atoms with Gasteiger partial charge in [-0.25, -0.2) is 8.42 Å². The summed E-state index contributed by atoms with van der Waals surface area (Å²) >= 11 is 1.18. The minimum absolute atomic E-state index is 0.0125. The van der Waals surface area contributed by atoms with Gasteiger partial charge in [0, 0.05) is 26.2 Å². The lowest BCUT2D eigenvalue weighted by Crippen LogP contribution is -2.53. The van der Waals surface area contributed by atoms with E-state index in [1.165, 1.54) is 15.6 Å². The van der Waals surface area contributed by atoms with Gasteiger partial charge in [0.2, 0.25) is 5.91 Å². The molecule has 1 aliphatic heterocycles. The molecule has 9 heteroatoms. The molecule has 3 aliphatic rings. The molecule has 0 radical (unpaired) electrons. The first kappa shape index (κ1) is 17.7. The SMILES string of the molecule is O=C(O)C1C2C=CC(C2)C1C(=O)N1CCN(S(=O)(=O)c2cccs2)CC1. The van der Waals surface area contributed by atoms with Crippen molar-refractivity contribution in [1.29, 1.82) is 0 Å². The predicted octanol–water partition coefficient (Wildman–Crippen LogP) is 1.10. The number of piperazine rings is 1. The highest BCUT2D eigenvalue weighted by Crippen LogP contribution is 2.48. The van der Waals surface area contributed by atoms with Crippen molar-refractivity contribution in [1.82, 2.24) is 9.21 Å². The number of amides is 1. The van der Waals surface area contributed by atoms with E-state index in [2.05, 4.69) is 0 Å². The van der Waals surface area contributed by atoms with Gasteiger partial charge in [-0.05, 0) is 29.7 Å². The summed E-state index contributed by atoms with van der Waals surface area (Å²) in [5.41, 5.74) is 0. The minimum Gasteiger partial charge on any atom is -0.481 e. The van der Waals surface area contributed by atoms with E-state index in [4.69, 9.17) is 0 Å². The quantitative estimate of drug-likeness (QED) is 0.769. The highest BCUT2D eigenvalue weighted by molar-refractivity contribution is 7.91. The summed E-state index contributed by atoms with van der Waals surface area (Å²) in [6.07, 6.45) is 4.60. The largest absolute Gasteiger partial charge is 0.481 e. The van der Waals surface area contributed by atoms with Gasteiger partial charge in [0.25, 0.3) is 10.0 Å². The van der Waals surface area contributed by atoms with Gasteiger partial charge in [-0.15, -0.1) is 11.3 Å². The number of fused-ring (bicyclic) bond motifs is 2. The van der Waals surface area contributed by atoms with E-state index in [1.54, 1.807) is 22.4 Å². The van der Waals surface area contributed by atoms with Crippen molar-refractivity contribution in [2.45, 2.75) is 10.6 Å². The number of nitrogens with zero attached hydrogens (tertiary/aromatic N) is 2. The number of rotatable bonds is 4. The molecule has 0 aromatic carbocycles. The van der Waals surface area contributed by atoms with Crippen LogP contribution in [0.3, 0.4) is 0 Å². The normalized spacial score (nSPS) is 31.5. The van der Waals surface area contributed by atoms with Crippen molar-refractivity contribution in [2.75, 3.05) is 26.2 Å². The highest BCUT2D eigenvalue weighted by atomic mass is 32.2. The molecule has 1 saturated heterocycles. The number of carboxylic acids is 1. The maximum absolute atomic E-state index is 13.0. The van der Waals surface area contributed by atoms with E-state index in [9.17, 15) is 23.1 Å². The molecule has 1 saturated carbocycles. The molecular formula is C17H20N2O5S2. The van der Waals surface area contributed by atoms with Crippen LogP contribution < -0.4 is 0 Å². The van der Waals surface area contributed by atoms with Crippen LogP contribution in [0, 0.1) is 23.7 Å². The zero-order chi connectivity index (χ0) is 18.5. The van der Waals surface area contributed by atoms with Crippen molar-refractivity contribution in [3.8, 4) is 0 Å². The van der Waals surface area contributed by atoms with Crippen LogP contribution in [0.5, 0.6) is 0 Å². The first-order valence-electron chi connectivity index (χ1n) is 8.63. The molecule has 1 N–H and O–H groups in total. The van der Waals surface area contributed by atoms with Gasteiger partial charge in [0.15, 0.2) is 0 Å². The van der Waals surface area contributed by atoms with E-state index < -0.39 is 27.8 Å². The fourth-order valence-corrected chi connectivity index (χ4v) is 6.96. The van der Waals surface area contributed by atoms with E-state index in [0.29, 0.717) is 17.3 Å². The molecule has 2 heterocycles. The van der Waals surface area contributed by atoms with Gasteiger partial charge in [-0.1, -0.05) is 18.2 Å². The molecule has 1 aromatic heterocycles. The molecular weight excluding hydrogens is 376 g/mol. The highest BCUT2D eigenvalue weighted by Gasteiger charge is 2.52. The van der Waals surface area contributed by atoms with E-state index in [-0.39, 0.29) is 30.8 Å². The third-order valence-electron chi connectivity index (χ3n) is 5.67. The number of hydrogen-bond acceptors (Lipinski definition) is 5. The Bertz CT molecular complexity index is 841. The Kier molecular flexibility index (Phi) is 4.40. The second kappa shape index (κ2) is 6.47. The second-order valence-corrected chi connectivity index (χ2v) is 10.1. The van der Waals surface area contributed by atoms with Crippen LogP contribution in [-0.4, -0.2) is 60.8 Å². The lowest BCUT2D eigenvalue weighted by molar-refractivity contribution is -0.151. The Morgan fingerprint density at radius 2 is 1.73 bits per heavy atom. The second-order valence-electron chi connectivity index (χ2n) is 7.00. The summed E-state index contributed by atoms with van der Waals surface area (Å²) in [5, 5.41) is 11.2. The number of carbonyl (C=O) groups is 2. The van der Waals surface area contributed by atoms with Gasteiger partial charge >= 0.3 is 5.97 Å². The van der Waals surface area contributed by atoms with Crippen molar-refractivity contribution in [3.63, 3.8) is 0 Å². The number of thiophene rings is 1. The fourth-order valence-electron chi connectivity index (χ4n) is 4.39. The molecule has 2 bridgehead atoms. The van der Waals surface area contributed by atoms with Gasteiger partial charge in [-0.3, -0.25) is 9.59 Å². The molecule has 4 rings (SSSR count). The van der Waals surface area contributed by atoms with Crippen LogP contribution in [0.1, 0.15) is 6.42 Å². The lowest BCUT2D eigenvalue weighted by atomic mass is 9.82. The summed E-state index contributed by atoms with van der Waals surface area (Å²) < 4.78 is 26.9. The summed E-state index contributed by atoms with van der Waals surface area (Å²) in [4.78, 5) is 26.2. The van der Waals surface area contributed by atoms with E-state index in [0.717, 1.165) is 6.42 Å². The minimum atomic E-state index is -3.51. The molecule has 1 aromatic rings. The Labute approximate surface area is 156 Å². The number of aliphatic carboxylic acids is 1. The average Bonchev–Trinajstić information content (AvgIpc) is 3.37. The number of hydrogen-bond donors (Lipinski definition) is 1. The standard InChI is InChI=1S/C17H20N2O5S2/c20-16(14-11-3-4-12(10-11)15(14)17(21)22)18-5-7-19(8-6-18)26(23,24)13-2-1-9-25-13/h1-4,9,11-12,14-15H,5-8,10H2,(H,21,22). The van der Waals surface area contributed by atoms with Crippen LogP contribution in [0.25, 0.3) is 0 Å². The molecule has 140 valence electrons. The monoisotopic (exact) mass is 396 g/mol. The topological polar surface area (TPSA) is 95.0 Å². The van der Waals surface area contributed by atoms with E-state index in [1.807, 2.05) is 12.2 Å². The average molecular weight is 396 g/mol. The fraction of sp³-hybridized carbons (Fsp3) is 0.529. The Hall–Kier alpha value is -1.71. The number of carbonyl (C=O) groups excluding carboxylic acids is 1. The molecule has 4 atom stereocenters. The zero-order valence-electron chi connectivity index (χ0n) is 14.0. The van der Waals surface area contributed by atoms with Gasteiger partial charge in [0.1, 0.15) is 4.21 Å².